The van der Waals surface area contributed by atoms with Crippen molar-refractivity contribution in [1.29, 1.82) is 0 Å². The van der Waals surface area contributed by atoms with Gasteiger partial charge in [-0.05, 0) is 42.7 Å². The van der Waals surface area contributed by atoms with E-state index in [0.717, 1.165) is 51.9 Å². The van der Waals surface area contributed by atoms with Crippen molar-refractivity contribution >= 4 is 17.2 Å². The molecule has 3 N–H and O–H groups in total. The number of hydrogen-bond donors (Lipinski definition) is 2. The lowest BCUT2D eigenvalue weighted by molar-refractivity contribution is -0.124. The third-order valence-electron chi connectivity index (χ3n) is 4.46. The number of amides is 1. The van der Waals surface area contributed by atoms with E-state index >= 15 is 0 Å². The fraction of sp³-hybridized carbons (Fsp3) is 0.667. The quantitative estimate of drug-likeness (QED) is 0.881. The standard InChI is InChI=1S/C15H23N3OS/c16-13-2-1-11(9-13)15(19)17-5-7-18-6-3-14-12(10-18)4-8-20-14/h4,8,11,13H,1-3,5-7,9-10,16H2,(H,17,19). The second-order valence-corrected chi connectivity index (χ2v) is 6.96. The molecule has 0 saturated heterocycles. The van der Waals surface area contributed by atoms with Crippen LogP contribution in [0, 0.1) is 5.92 Å². The molecule has 4 nitrogen and oxygen atoms in total. The molecule has 1 amide bonds. The van der Waals surface area contributed by atoms with Crippen LogP contribution in [0.1, 0.15) is 29.7 Å². The van der Waals surface area contributed by atoms with Crippen molar-refractivity contribution in [3.63, 3.8) is 0 Å². The summed E-state index contributed by atoms with van der Waals surface area (Å²) in [6.45, 7) is 3.84. The van der Waals surface area contributed by atoms with Crippen molar-refractivity contribution in [1.82, 2.24) is 10.2 Å². The van der Waals surface area contributed by atoms with Crippen LogP contribution in [0.2, 0.25) is 0 Å². The number of hydrogen-bond acceptors (Lipinski definition) is 4. The van der Waals surface area contributed by atoms with E-state index in [4.69, 9.17) is 5.73 Å². The molecule has 2 aliphatic rings. The highest BCUT2D eigenvalue weighted by Crippen LogP contribution is 2.24. The monoisotopic (exact) mass is 293 g/mol. The minimum Gasteiger partial charge on any atom is -0.355 e. The molecule has 5 heteroatoms. The normalized spacial score (nSPS) is 26.4. The molecule has 3 rings (SSSR count). The number of rotatable bonds is 4. The van der Waals surface area contributed by atoms with Gasteiger partial charge in [-0.1, -0.05) is 0 Å². The Bertz CT molecular complexity index is 473. The van der Waals surface area contributed by atoms with E-state index < -0.39 is 0 Å². The van der Waals surface area contributed by atoms with Crippen molar-refractivity contribution in [3.05, 3.63) is 21.9 Å². The van der Waals surface area contributed by atoms with Gasteiger partial charge in [0.05, 0.1) is 0 Å². The summed E-state index contributed by atoms with van der Waals surface area (Å²) in [4.78, 5) is 16.0. The van der Waals surface area contributed by atoms with Crippen LogP contribution in [0.25, 0.3) is 0 Å². The Morgan fingerprint density at radius 2 is 2.40 bits per heavy atom. The zero-order chi connectivity index (χ0) is 13.9. The Labute approximate surface area is 124 Å². The van der Waals surface area contributed by atoms with Crippen molar-refractivity contribution < 1.29 is 4.79 Å². The minimum absolute atomic E-state index is 0.148. The van der Waals surface area contributed by atoms with Gasteiger partial charge in [0.2, 0.25) is 5.91 Å². The van der Waals surface area contributed by atoms with E-state index in [1.54, 1.807) is 0 Å². The maximum Gasteiger partial charge on any atom is 0.223 e. The van der Waals surface area contributed by atoms with E-state index in [0.29, 0.717) is 0 Å². The molecule has 1 aromatic heterocycles. The lowest BCUT2D eigenvalue weighted by Crippen LogP contribution is -2.39. The number of nitrogens with zero attached hydrogens (tertiary/aromatic N) is 1. The zero-order valence-electron chi connectivity index (χ0n) is 11.8. The first-order valence-corrected chi connectivity index (χ1v) is 8.41. The van der Waals surface area contributed by atoms with Crippen molar-refractivity contribution in [2.75, 3.05) is 19.6 Å². The predicted octanol–water partition coefficient (Wildman–Crippen LogP) is 1.35. The summed E-state index contributed by atoms with van der Waals surface area (Å²) in [5, 5.41) is 5.26. The highest BCUT2D eigenvalue weighted by Gasteiger charge is 2.27. The van der Waals surface area contributed by atoms with E-state index in [9.17, 15) is 4.79 Å². The molecule has 2 atom stereocenters. The molecular formula is C15H23N3OS. The summed E-state index contributed by atoms with van der Waals surface area (Å²) in [6, 6.07) is 2.45. The smallest absolute Gasteiger partial charge is 0.223 e. The largest absolute Gasteiger partial charge is 0.355 e. The van der Waals surface area contributed by atoms with Crippen LogP contribution < -0.4 is 11.1 Å². The SMILES string of the molecule is NC1CCC(C(=O)NCCN2CCc3sccc3C2)C1. The number of carbonyl (C=O) groups excluding carboxylic acids is 1. The van der Waals surface area contributed by atoms with Gasteiger partial charge in [-0.2, -0.15) is 0 Å². The van der Waals surface area contributed by atoms with Crippen LogP contribution in [-0.4, -0.2) is 36.5 Å². The molecule has 0 aromatic carbocycles. The fourth-order valence-corrected chi connectivity index (χ4v) is 4.12. The van der Waals surface area contributed by atoms with Crippen molar-refractivity contribution in [2.45, 2.75) is 38.3 Å². The molecule has 2 unspecified atom stereocenters. The molecule has 1 aliphatic carbocycles. The first-order chi connectivity index (χ1) is 9.72. The summed E-state index contributed by atoms with van der Waals surface area (Å²) in [5.41, 5.74) is 7.32. The van der Waals surface area contributed by atoms with Crippen LogP contribution in [0.4, 0.5) is 0 Å². The summed E-state index contributed by atoms with van der Waals surface area (Å²) in [6.07, 6.45) is 3.95. The molecule has 1 aliphatic heterocycles. The van der Waals surface area contributed by atoms with Gasteiger partial charge in [0.25, 0.3) is 0 Å². The molecule has 1 saturated carbocycles. The molecular weight excluding hydrogens is 270 g/mol. The third kappa shape index (κ3) is 3.22. The van der Waals surface area contributed by atoms with Gasteiger partial charge < -0.3 is 11.1 Å². The van der Waals surface area contributed by atoms with Gasteiger partial charge in [-0.15, -0.1) is 11.3 Å². The maximum absolute atomic E-state index is 12.0. The second-order valence-electron chi connectivity index (χ2n) is 5.96. The summed E-state index contributed by atoms with van der Waals surface area (Å²) in [5.74, 6) is 0.348. The molecule has 2 heterocycles. The minimum atomic E-state index is 0.148. The van der Waals surface area contributed by atoms with Crippen LogP contribution >= 0.6 is 11.3 Å². The first kappa shape index (κ1) is 14.0. The highest BCUT2D eigenvalue weighted by molar-refractivity contribution is 7.10. The van der Waals surface area contributed by atoms with E-state index in [1.165, 1.54) is 10.4 Å². The van der Waals surface area contributed by atoms with Gasteiger partial charge in [-0.3, -0.25) is 9.69 Å². The molecule has 110 valence electrons. The highest BCUT2D eigenvalue weighted by atomic mass is 32.1. The molecule has 0 bridgehead atoms. The Morgan fingerprint density at radius 3 is 3.20 bits per heavy atom. The van der Waals surface area contributed by atoms with Gasteiger partial charge >= 0.3 is 0 Å². The topological polar surface area (TPSA) is 58.4 Å². The van der Waals surface area contributed by atoms with Crippen LogP contribution in [0.3, 0.4) is 0 Å². The fourth-order valence-electron chi connectivity index (χ4n) is 3.23. The number of nitrogens with one attached hydrogen (secondary N) is 1. The summed E-state index contributed by atoms with van der Waals surface area (Å²) in [7, 11) is 0. The molecule has 1 fully saturated rings. The van der Waals surface area contributed by atoms with Crippen LogP contribution in [0.15, 0.2) is 11.4 Å². The average molecular weight is 293 g/mol. The molecule has 20 heavy (non-hydrogen) atoms. The average Bonchev–Trinajstić information content (AvgIpc) is 3.06. The van der Waals surface area contributed by atoms with Crippen molar-refractivity contribution in [2.24, 2.45) is 11.7 Å². The second kappa shape index (κ2) is 6.24. The lowest BCUT2D eigenvalue weighted by Gasteiger charge is -2.26. The number of carbonyl (C=O) groups is 1. The Morgan fingerprint density at radius 1 is 1.50 bits per heavy atom. The van der Waals surface area contributed by atoms with E-state index in [2.05, 4.69) is 21.7 Å². The number of nitrogens with two attached hydrogens (primary N) is 1. The van der Waals surface area contributed by atoms with E-state index in [1.807, 2.05) is 11.3 Å². The van der Waals surface area contributed by atoms with Gasteiger partial charge in [0.15, 0.2) is 0 Å². The Hall–Kier alpha value is -0.910. The van der Waals surface area contributed by atoms with Crippen molar-refractivity contribution in [3.8, 4) is 0 Å². The van der Waals surface area contributed by atoms with Gasteiger partial charge in [0, 0.05) is 43.0 Å². The van der Waals surface area contributed by atoms with E-state index in [-0.39, 0.29) is 17.9 Å². The lowest BCUT2D eigenvalue weighted by atomic mass is 10.1. The molecule has 1 aromatic rings. The molecule has 0 radical (unpaired) electrons. The number of fused-ring (bicyclic) bond motifs is 1. The van der Waals surface area contributed by atoms with Crippen LogP contribution in [-0.2, 0) is 17.8 Å². The van der Waals surface area contributed by atoms with Gasteiger partial charge in [-0.25, -0.2) is 0 Å². The molecule has 0 spiro atoms. The Balaban J connectivity index is 1.39. The Kier molecular flexibility index (Phi) is 4.38. The summed E-state index contributed by atoms with van der Waals surface area (Å²) >= 11 is 1.86. The zero-order valence-corrected chi connectivity index (χ0v) is 12.6. The predicted molar refractivity (Wildman–Crippen MR) is 81.6 cm³/mol. The first-order valence-electron chi connectivity index (χ1n) is 7.53. The van der Waals surface area contributed by atoms with Crippen LogP contribution in [0.5, 0.6) is 0 Å². The third-order valence-corrected chi connectivity index (χ3v) is 5.48. The number of thiophene rings is 1. The summed E-state index contributed by atoms with van der Waals surface area (Å²) < 4.78 is 0. The maximum atomic E-state index is 12.0. The van der Waals surface area contributed by atoms with Gasteiger partial charge in [0.1, 0.15) is 0 Å².